The maximum Gasteiger partial charge on any atom is 0.416 e. The highest BCUT2D eigenvalue weighted by atomic mass is 19.4. The number of rotatable bonds is 6. The summed E-state index contributed by atoms with van der Waals surface area (Å²) in [5, 5.41) is 10.3. The monoisotopic (exact) mass is 413 g/mol. The number of halogens is 3. The van der Waals surface area contributed by atoms with Crippen LogP contribution in [0, 0.1) is 0 Å². The largest absolute Gasteiger partial charge is 0.491 e. The number of β-amino-alcohol motifs (C(OH)–C–C–N with tert-alkyl or cyclic N) is 1. The summed E-state index contributed by atoms with van der Waals surface area (Å²) in [5.41, 5.74) is 0.547. The summed E-state index contributed by atoms with van der Waals surface area (Å²) < 4.78 is 56.6. The molecule has 0 aliphatic carbocycles. The molecule has 0 saturated carbocycles. The van der Waals surface area contributed by atoms with Crippen LogP contribution >= 0.6 is 0 Å². The molecule has 0 amide bonds. The SMILES string of the molecule is OC(COc1cc(C2=CCOCC2)cc(C(F)(F)F)c1)CN1C[C@H]2CC[C@@H](C1)O2. The number of aliphatic hydroxyl groups is 1. The first kappa shape index (κ1) is 20.7. The molecule has 1 N–H and O–H groups in total. The van der Waals surface area contributed by atoms with Gasteiger partial charge < -0.3 is 19.3 Å². The van der Waals surface area contributed by atoms with E-state index in [4.69, 9.17) is 14.2 Å². The van der Waals surface area contributed by atoms with Crippen LogP contribution < -0.4 is 4.74 Å². The van der Waals surface area contributed by atoms with Crippen molar-refractivity contribution in [3.05, 3.63) is 35.4 Å². The Balaban J connectivity index is 1.41. The Labute approximate surface area is 168 Å². The highest BCUT2D eigenvalue weighted by Crippen LogP contribution is 2.35. The van der Waals surface area contributed by atoms with Gasteiger partial charge in [-0.25, -0.2) is 0 Å². The van der Waals surface area contributed by atoms with Crippen molar-refractivity contribution in [2.24, 2.45) is 0 Å². The summed E-state index contributed by atoms with van der Waals surface area (Å²) in [7, 11) is 0. The minimum absolute atomic E-state index is 0.0599. The lowest BCUT2D eigenvalue weighted by molar-refractivity contribution is -0.137. The van der Waals surface area contributed by atoms with E-state index < -0.39 is 17.8 Å². The van der Waals surface area contributed by atoms with Crippen molar-refractivity contribution < 1.29 is 32.5 Å². The fourth-order valence-corrected chi connectivity index (χ4v) is 4.21. The Kier molecular flexibility index (Phi) is 6.15. The van der Waals surface area contributed by atoms with Gasteiger partial charge in [0.05, 0.1) is 31.0 Å². The summed E-state index contributed by atoms with van der Waals surface area (Å²) in [6.45, 7) is 2.79. The van der Waals surface area contributed by atoms with Gasteiger partial charge in [0, 0.05) is 19.6 Å². The fraction of sp³-hybridized carbons (Fsp3) is 0.619. The molecule has 2 bridgehead atoms. The van der Waals surface area contributed by atoms with Crippen LogP contribution in [0.25, 0.3) is 5.57 Å². The molecule has 8 heteroatoms. The Morgan fingerprint density at radius 2 is 1.93 bits per heavy atom. The summed E-state index contributed by atoms with van der Waals surface area (Å²) in [6.07, 6.45) is -0.365. The van der Waals surface area contributed by atoms with Gasteiger partial charge in [0.1, 0.15) is 18.5 Å². The molecule has 5 nitrogen and oxygen atoms in total. The third kappa shape index (κ3) is 5.31. The second-order valence-electron chi connectivity index (χ2n) is 7.94. The number of morpholine rings is 1. The van der Waals surface area contributed by atoms with Gasteiger partial charge in [0.25, 0.3) is 0 Å². The molecule has 29 heavy (non-hydrogen) atoms. The first-order valence-corrected chi connectivity index (χ1v) is 10.0. The second-order valence-corrected chi connectivity index (χ2v) is 7.94. The van der Waals surface area contributed by atoms with Gasteiger partial charge in [-0.1, -0.05) is 6.08 Å². The highest BCUT2D eigenvalue weighted by Gasteiger charge is 2.34. The van der Waals surface area contributed by atoms with Gasteiger partial charge in [-0.05, 0) is 48.6 Å². The third-order valence-electron chi connectivity index (χ3n) is 5.60. The van der Waals surface area contributed by atoms with Crippen molar-refractivity contribution in [3.63, 3.8) is 0 Å². The van der Waals surface area contributed by atoms with Crippen LogP contribution in [0.2, 0.25) is 0 Å². The summed E-state index contributed by atoms with van der Waals surface area (Å²) in [4.78, 5) is 2.14. The predicted molar refractivity (Wildman–Crippen MR) is 101 cm³/mol. The number of hydrogen-bond donors (Lipinski definition) is 1. The second kappa shape index (κ2) is 8.63. The van der Waals surface area contributed by atoms with Gasteiger partial charge in [0.15, 0.2) is 0 Å². The van der Waals surface area contributed by atoms with E-state index >= 15 is 0 Å². The lowest BCUT2D eigenvalue weighted by Crippen LogP contribution is -2.46. The van der Waals surface area contributed by atoms with Crippen molar-refractivity contribution in [1.82, 2.24) is 4.90 Å². The van der Waals surface area contributed by atoms with Crippen LogP contribution in [0.1, 0.15) is 30.4 Å². The van der Waals surface area contributed by atoms with E-state index in [1.807, 2.05) is 0 Å². The number of alkyl halides is 3. The van der Waals surface area contributed by atoms with E-state index in [2.05, 4.69) is 4.90 Å². The smallest absolute Gasteiger partial charge is 0.416 e. The van der Waals surface area contributed by atoms with Gasteiger partial charge in [0.2, 0.25) is 0 Å². The molecule has 0 radical (unpaired) electrons. The molecule has 3 aliphatic heterocycles. The van der Waals surface area contributed by atoms with E-state index in [0.29, 0.717) is 31.7 Å². The molecule has 4 rings (SSSR count). The lowest BCUT2D eigenvalue weighted by Gasteiger charge is -2.33. The molecular formula is C21H26F3NO4. The Bertz CT molecular complexity index is 740. The maximum atomic E-state index is 13.3. The van der Waals surface area contributed by atoms with E-state index in [1.165, 1.54) is 0 Å². The number of hydrogen-bond acceptors (Lipinski definition) is 5. The third-order valence-corrected chi connectivity index (χ3v) is 5.60. The highest BCUT2D eigenvalue weighted by molar-refractivity contribution is 5.68. The number of ether oxygens (including phenoxy) is 3. The number of likely N-dealkylation sites (tertiary alicyclic amines) is 1. The van der Waals surface area contributed by atoms with E-state index in [0.717, 1.165) is 43.6 Å². The molecule has 1 unspecified atom stereocenters. The van der Waals surface area contributed by atoms with Crippen LogP contribution in [0.4, 0.5) is 13.2 Å². The van der Waals surface area contributed by atoms with Gasteiger partial charge in [-0.3, -0.25) is 4.90 Å². The summed E-state index contributed by atoms with van der Waals surface area (Å²) in [6, 6.07) is 3.74. The zero-order chi connectivity index (χ0) is 20.4. The normalized spacial score (nSPS) is 26.3. The molecule has 0 aromatic heterocycles. The first-order chi connectivity index (χ1) is 13.9. The maximum absolute atomic E-state index is 13.3. The molecule has 2 fully saturated rings. The minimum atomic E-state index is -4.47. The van der Waals surface area contributed by atoms with Crippen molar-refractivity contribution in [1.29, 1.82) is 0 Å². The summed E-state index contributed by atoms with van der Waals surface area (Å²) >= 11 is 0. The molecule has 3 atom stereocenters. The minimum Gasteiger partial charge on any atom is -0.491 e. The Hall–Kier alpha value is -1.61. The number of benzene rings is 1. The standard InChI is InChI=1S/C21H26F3NO4/c22-21(23,24)16-7-15(14-3-5-27-6-4-14)8-20(9-16)28-13-17(26)10-25-11-18-1-2-19(12-25)29-18/h3,7-9,17-19,26H,1-2,4-6,10-13H2/t17?,18-,19+. The Morgan fingerprint density at radius 1 is 1.17 bits per heavy atom. The number of fused-ring (bicyclic) bond motifs is 2. The van der Waals surface area contributed by atoms with Crippen molar-refractivity contribution >= 4 is 5.57 Å². The molecule has 1 aromatic rings. The zero-order valence-electron chi connectivity index (χ0n) is 16.2. The van der Waals surface area contributed by atoms with Gasteiger partial charge in [-0.2, -0.15) is 13.2 Å². The van der Waals surface area contributed by atoms with E-state index in [-0.39, 0.29) is 24.6 Å². The van der Waals surface area contributed by atoms with Crippen molar-refractivity contribution in [2.75, 3.05) is 39.5 Å². The van der Waals surface area contributed by atoms with Crippen molar-refractivity contribution in [3.8, 4) is 5.75 Å². The molecule has 0 spiro atoms. The average Bonchev–Trinajstić information content (AvgIpc) is 3.04. The fourth-order valence-electron chi connectivity index (χ4n) is 4.21. The molecule has 160 valence electrons. The molecular weight excluding hydrogens is 387 g/mol. The van der Waals surface area contributed by atoms with E-state index in [1.54, 1.807) is 12.1 Å². The molecule has 3 heterocycles. The Morgan fingerprint density at radius 3 is 2.59 bits per heavy atom. The van der Waals surface area contributed by atoms with Crippen LogP contribution in [0.3, 0.4) is 0 Å². The van der Waals surface area contributed by atoms with Crippen LogP contribution in [-0.2, 0) is 15.7 Å². The molecule has 3 aliphatic rings. The summed E-state index contributed by atoms with van der Waals surface area (Å²) in [5.74, 6) is 0.114. The topological polar surface area (TPSA) is 51.2 Å². The quantitative estimate of drug-likeness (QED) is 0.777. The number of aliphatic hydroxyl groups excluding tert-OH is 1. The van der Waals surface area contributed by atoms with E-state index in [9.17, 15) is 18.3 Å². The zero-order valence-corrected chi connectivity index (χ0v) is 16.2. The van der Waals surface area contributed by atoms with Gasteiger partial charge >= 0.3 is 6.18 Å². The number of nitrogens with zero attached hydrogens (tertiary/aromatic N) is 1. The van der Waals surface area contributed by atoms with Crippen LogP contribution in [0.15, 0.2) is 24.3 Å². The average molecular weight is 413 g/mol. The van der Waals surface area contributed by atoms with Crippen LogP contribution in [0.5, 0.6) is 5.75 Å². The van der Waals surface area contributed by atoms with Crippen molar-refractivity contribution in [2.45, 2.75) is 43.8 Å². The first-order valence-electron chi connectivity index (χ1n) is 10.0. The molecule has 1 aromatic carbocycles. The predicted octanol–water partition coefficient (Wildman–Crippen LogP) is 3.11. The molecule has 2 saturated heterocycles. The van der Waals surface area contributed by atoms with Gasteiger partial charge in [-0.15, -0.1) is 0 Å². The lowest BCUT2D eigenvalue weighted by atomic mass is 9.99. The van der Waals surface area contributed by atoms with Crippen LogP contribution in [-0.4, -0.2) is 67.8 Å².